The van der Waals surface area contributed by atoms with E-state index in [0.29, 0.717) is 0 Å². The molecule has 2 aromatic rings. The molecule has 0 aliphatic heterocycles. The van der Waals surface area contributed by atoms with Crippen LogP contribution in [-0.2, 0) is 0 Å². The standard InChI is InChI=1S/C10H4/c1-2-6-10-8-4-3-7-9(10)5-1/h1-4H/q-4. The van der Waals surface area contributed by atoms with E-state index in [0.717, 1.165) is 10.8 Å². The van der Waals surface area contributed by atoms with Crippen LogP contribution in [0, 0.1) is 24.3 Å². The minimum atomic E-state index is 0.949. The highest BCUT2D eigenvalue weighted by atomic mass is 13.9. The van der Waals surface area contributed by atoms with Gasteiger partial charge in [0.05, 0.1) is 0 Å². The zero-order chi connectivity index (χ0) is 6.81. The van der Waals surface area contributed by atoms with E-state index in [1.807, 2.05) is 24.3 Å². The summed E-state index contributed by atoms with van der Waals surface area (Å²) < 4.78 is 0. The minimum absolute atomic E-state index is 0.949. The Balaban J connectivity index is 2.89. The lowest BCUT2D eigenvalue weighted by Crippen LogP contribution is -1.69. The van der Waals surface area contributed by atoms with Crippen LogP contribution in [0.3, 0.4) is 0 Å². The molecule has 0 heteroatoms. The van der Waals surface area contributed by atoms with Gasteiger partial charge in [-0.3, -0.25) is 0 Å². The molecular formula is C10H4-4. The van der Waals surface area contributed by atoms with Crippen LogP contribution in [-0.4, -0.2) is 0 Å². The quantitative estimate of drug-likeness (QED) is 0.471. The fourth-order valence-corrected chi connectivity index (χ4v) is 0.872. The molecule has 2 aromatic carbocycles. The van der Waals surface area contributed by atoms with Crippen molar-refractivity contribution < 1.29 is 0 Å². The minimum Gasteiger partial charge on any atom is -0.485 e. The van der Waals surface area contributed by atoms with Crippen LogP contribution in [0.1, 0.15) is 0 Å². The maximum Gasteiger partial charge on any atom is -0.193 e. The smallest absolute Gasteiger partial charge is 0.193 e. The van der Waals surface area contributed by atoms with Gasteiger partial charge in [-0.25, -0.2) is 0 Å². The average Bonchev–Trinajstić information content (AvgIpc) is 2.05. The second-order valence-corrected chi connectivity index (χ2v) is 1.99. The van der Waals surface area contributed by atoms with E-state index in [2.05, 4.69) is 24.3 Å². The number of hydrogen-bond acceptors (Lipinski definition) is 0. The monoisotopic (exact) mass is 124 g/mol. The summed E-state index contributed by atoms with van der Waals surface area (Å²) >= 11 is 0. The van der Waals surface area contributed by atoms with E-state index in [-0.39, 0.29) is 0 Å². The van der Waals surface area contributed by atoms with Crippen molar-refractivity contribution in [2.24, 2.45) is 0 Å². The van der Waals surface area contributed by atoms with Gasteiger partial charge in [-0.2, -0.15) is 12.1 Å². The van der Waals surface area contributed by atoms with Crippen molar-refractivity contribution in [2.75, 3.05) is 0 Å². The summed E-state index contributed by atoms with van der Waals surface area (Å²) in [6, 6.07) is 19.4. The maximum absolute atomic E-state index is 3.03. The first kappa shape index (κ1) is 5.48. The van der Waals surface area contributed by atoms with Crippen LogP contribution in [0.5, 0.6) is 0 Å². The molecule has 0 atom stereocenters. The largest absolute Gasteiger partial charge is 0.485 e. The normalized spacial score (nSPS) is 10.0. The molecule has 0 radical (unpaired) electrons. The fraction of sp³-hybridized carbons (Fsp3) is 0. The molecule has 0 aromatic heterocycles. The molecule has 48 valence electrons. The van der Waals surface area contributed by atoms with Gasteiger partial charge in [0.1, 0.15) is 0 Å². The Kier molecular flexibility index (Phi) is 1.17. The summed E-state index contributed by atoms with van der Waals surface area (Å²) in [5, 5.41) is 1.90. The Hall–Kier alpha value is -1.30. The van der Waals surface area contributed by atoms with Gasteiger partial charge in [0, 0.05) is 0 Å². The van der Waals surface area contributed by atoms with Crippen LogP contribution in [0.15, 0.2) is 24.3 Å². The Morgan fingerprint density at radius 1 is 0.600 bits per heavy atom. The highest BCUT2D eigenvalue weighted by Gasteiger charge is 1.48. The highest BCUT2D eigenvalue weighted by Crippen LogP contribution is 2.08. The fourth-order valence-electron chi connectivity index (χ4n) is 0.872. The Morgan fingerprint density at radius 3 is 1.20 bits per heavy atom. The van der Waals surface area contributed by atoms with Crippen LogP contribution < -0.4 is 0 Å². The topological polar surface area (TPSA) is 0 Å². The third-order valence-electron chi connectivity index (χ3n) is 1.33. The SMILES string of the molecule is [c-]1cc[c-]c2[c-]cc[c-]c12. The van der Waals surface area contributed by atoms with Crippen LogP contribution in [0.2, 0.25) is 0 Å². The lowest BCUT2D eigenvalue weighted by molar-refractivity contribution is 1.71. The lowest BCUT2D eigenvalue weighted by atomic mass is 10.1. The van der Waals surface area contributed by atoms with Crippen molar-refractivity contribution >= 4 is 10.8 Å². The number of benzene rings is 2. The first-order valence-electron chi connectivity index (χ1n) is 3.07. The summed E-state index contributed by atoms with van der Waals surface area (Å²) in [4.78, 5) is 0. The molecule has 0 bridgehead atoms. The summed E-state index contributed by atoms with van der Waals surface area (Å²) in [6.45, 7) is 0. The zero-order valence-corrected chi connectivity index (χ0v) is 5.31. The van der Waals surface area contributed by atoms with Gasteiger partial charge >= 0.3 is 0 Å². The Labute approximate surface area is 60.1 Å². The van der Waals surface area contributed by atoms with Gasteiger partial charge in [-0.15, -0.1) is 0 Å². The molecule has 0 spiro atoms. The second kappa shape index (κ2) is 2.14. The number of hydrogen-bond donors (Lipinski definition) is 0. The molecule has 2 rings (SSSR count). The number of rotatable bonds is 0. The maximum atomic E-state index is 3.03. The van der Waals surface area contributed by atoms with E-state index in [4.69, 9.17) is 0 Å². The molecular weight excluding hydrogens is 120 g/mol. The van der Waals surface area contributed by atoms with E-state index < -0.39 is 0 Å². The van der Waals surface area contributed by atoms with Gasteiger partial charge in [0.2, 0.25) is 0 Å². The van der Waals surface area contributed by atoms with Crippen molar-refractivity contribution in [3.63, 3.8) is 0 Å². The first-order chi connectivity index (χ1) is 4.97. The zero-order valence-electron chi connectivity index (χ0n) is 5.31. The molecule has 0 nitrogen and oxygen atoms in total. The van der Waals surface area contributed by atoms with Crippen molar-refractivity contribution in [1.82, 2.24) is 0 Å². The van der Waals surface area contributed by atoms with E-state index >= 15 is 0 Å². The second-order valence-electron chi connectivity index (χ2n) is 1.99. The summed E-state index contributed by atoms with van der Waals surface area (Å²) in [5.41, 5.74) is 0. The number of fused-ring (bicyclic) bond motifs is 1. The summed E-state index contributed by atoms with van der Waals surface area (Å²) in [6.07, 6.45) is 0. The third kappa shape index (κ3) is 0.781. The Morgan fingerprint density at radius 2 is 0.900 bits per heavy atom. The van der Waals surface area contributed by atoms with E-state index in [9.17, 15) is 0 Å². The average molecular weight is 124 g/mol. The molecule has 0 saturated carbocycles. The van der Waals surface area contributed by atoms with Gasteiger partial charge in [-0.1, -0.05) is 0 Å². The molecule has 0 heterocycles. The molecule has 0 saturated heterocycles. The molecule has 0 aliphatic rings. The van der Waals surface area contributed by atoms with Gasteiger partial charge in [0.15, 0.2) is 0 Å². The van der Waals surface area contributed by atoms with Crippen molar-refractivity contribution in [3.05, 3.63) is 48.5 Å². The van der Waals surface area contributed by atoms with Crippen molar-refractivity contribution in [3.8, 4) is 0 Å². The molecule has 0 amide bonds. The van der Waals surface area contributed by atoms with Crippen molar-refractivity contribution in [1.29, 1.82) is 0 Å². The van der Waals surface area contributed by atoms with Gasteiger partial charge in [0.25, 0.3) is 0 Å². The van der Waals surface area contributed by atoms with Gasteiger partial charge < -0.3 is 47.2 Å². The predicted molar refractivity (Wildman–Crippen MR) is 39.3 cm³/mol. The summed E-state index contributed by atoms with van der Waals surface area (Å²) in [5.74, 6) is 0. The lowest BCUT2D eigenvalue weighted by Gasteiger charge is -2.31. The molecule has 0 unspecified atom stereocenters. The first-order valence-corrected chi connectivity index (χ1v) is 3.07. The molecule has 0 N–H and O–H groups in total. The van der Waals surface area contributed by atoms with Crippen molar-refractivity contribution in [2.45, 2.75) is 0 Å². The van der Waals surface area contributed by atoms with Crippen LogP contribution in [0.4, 0.5) is 0 Å². The van der Waals surface area contributed by atoms with E-state index in [1.54, 1.807) is 0 Å². The highest BCUT2D eigenvalue weighted by molar-refractivity contribution is 5.79. The predicted octanol–water partition coefficient (Wildman–Crippen LogP) is 2.04. The molecule has 0 fully saturated rings. The van der Waals surface area contributed by atoms with Gasteiger partial charge in [-0.05, 0) is 0 Å². The molecule has 10 heavy (non-hydrogen) atoms. The van der Waals surface area contributed by atoms with Crippen LogP contribution >= 0.6 is 0 Å². The molecule has 0 aliphatic carbocycles. The van der Waals surface area contributed by atoms with Crippen LogP contribution in [0.25, 0.3) is 10.8 Å². The Bertz CT molecular complexity index is 271. The third-order valence-corrected chi connectivity index (χ3v) is 1.33. The van der Waals surface area contributed by atoms with E-state index in [1.165, 1.54) is 0 Å². The summed E-state index contributed by atoms with van der Waals surface area (Å²) in [7, 11) is 0.